The highest BCUT2D eigenvalue weighted by Gasteiger charge is 2.17. The molecule has 5 nitrogen and oxygen atoms in total. The Balaban J connectivity index is 1.97. The minimum Gasteiger partial charge on any atom is -0.481 e. The average Bonchev–Trinajstić information content (AvgIpc) is 2.78. The predicted octanol–water partition coefficient (Wildman–Crippen LogP) is 1.07. The van der Waals surface area contributed by atoms with E-state index in [2.05, 4.69) is 10.4 Å². The Morgan fingerprint density at radius 2 is 2.59 bits per heavy atom. The van der Waals surface area contributed by atoms with Gasteiger partial charge in [0.05, 0.1) is 18.2 Å². The second-order valence-electron chi connectivity index (χ2n) is 4.77. The molecule has 1 aliphatic rings. The van der Waals surface area contributed by atoms with Crippen molar-refractivity contribution >= 4 is 5.97 Å². The summed E-state index contributed by atoms with van der Waals surface area (Å²) in [5.74, 6) is -1.10. The van der Waals surface area contributed by atoms with Gasteiger partial charge in [-0.05, 0) is 31.4 Å². The lowest BCUT2D eigenvalue weighted by Crippen LogP contribution is -2.31. The van der Waals surface area contributed by atoms with E-state index in [9.17, 15) is 4.79 Å². The number of nitrogens with one attached hydrogen (secondary N) is 1. The molecule has 1 saturated heterocycles. The molecule has 2 rings (SSSR count). The minimum atomic E-state index is -0.753. The number of nitrogens with zero attached hydrogens (tertiary/aromatic N) is 2. The second kappa shape index (κ2) is 5.31. The maximum Gasteiger partial charge on any atom is 0.306 e. The third-order valence-corrected chi connectivity index (χ3v) is 3.26. The zero-order valence-corrected chi connectivity index (χ0v) is 10.1. The number of hydrogen-bond acceptors (Lipinski definition) is 3. The normalized spacial score (nSPS) is 22.3. The summed E-state index contributed by atoms with van der Waals surface area (Å²) in [6, 6.07) is 0.414. The molecule has 1 aliphatic heterocycles. The van der Waals surface area contributed by atoms with Gasteiger partial charge < -0.3 is 10.4 Å². The smallest absolute Gasteiger partial charge is 0.306 e. The van der Waals surface area contributed by atoms with Gasteiger partial charge in [0.2, 0.25) is 0 Å². The molecule has 2 atom stereocenters. The third kappa shape index (κ3) is 3.06. The first-order chi connectivity index (χ1) is 8.16. The molecule has 0 bridgehead atoms. The Hall–Kier alpha value is -1.36. The van der Waals surface area contributed by atoms with Gasteiger partial charge in [-0.3, -0.25) is 9.48 Å². The van der Waals surface area contributed by atoms with E-state index in [1.165, 1.54) is 6.42 Å². The summed E-state index contributed by atoms with van der Waals surface area (Å²) in [5, 5.41) is 16.5. The van der Waals surface area contributed by atoms with Gasteiger partial charge in [0.1, 0.15) is 0 Å². The standard InChI is InChI=1S/C12H19N3O2/c1-9(12(16)17)5-10-6-14-15(8-10)11-3-2-4-13-7-11/h6,8-9,11,13H,2-5,7H2,1H3,(H,16,17). The van der Waals surface area contributed by atoms with Gasteiger partial charge in [0, 0.05) is 12.7 Å². The van der Waals surface area contributed by atoms with Crippen molar-refractivity contribution in [1.82, 2.24) is 15.1 Å². The molecule has 17 heavy (non-hydrogen) atoms. The molecule has 1 aromatic rings. The van der Waals surface area contributed by atoms with E-state index in [0.717, 1.165) is 25.1 Å². The highest BCUT2D eigenvalue weighted by Crippen LogP contribution is 2.17. The van der Waals surface area contributed by atoms with E-state index in [4.69, 9.17) is 5.11 Å². The Morgan fingerprint density at radius 3 is 3.24 bits per heavy atom. The van der Waals surface area contributed by atoms with E-state index in [1.807, 2.05) is 10.9 Å². The number of aliphatic carboxylic acids is 1. The molecular formula is C12H19N3O2. The van der Waals surface area contributed by atoms with Gasteiger partial charge in [0.15, 0.2) is 0 Å². The predicted molar refractivity (Wildman–Crippen MR) is 63.9 cm³/mol. The van der Waals surface area contributed by atoms with Crippen molar-refractivity contribution in [3.63, 3.8) is 0 Å². The van der Waals surface area contributed by atoms with E-state index >= 15 is 0 Å². The van der Waals surface area contributed by atoms with Crippen molar-refractivity contribution < 1.29 is 9.90 Å². The zero-order chi connectivity index (χ0) is 12.3. The van der Waals surface area contributed by atoms with Crippen LogP contribution in [-0.2, 0) is 11.2 Å². The number of carboxylic acid groups (broad SMARTS) is 1. The SMILES string of the molecule is CC(Cc1cnn(C2CCCNC2)c1)C(=O)O. The van der Waals surface area contributed by atoms with Crippen molar-refractivity contribution in [3.8, 4) is 0 Å². The fourth-order valence-corrected chi connectivity index (χ4v) is 2.18. The van der Waals surface area contributed by atoms with E-state index in [0.29, 0.717) is 12.5 Å². The summed E-state index contributed by atoms with van der Waals surface area (Å²) < 4.78 is 1.97. The van der Waals surface area contributed by atoms with Crippen LogP contribution in [-0.4, -0.2) is 33.9 Å². The van der Waals surface area contributed by atoms with Gasteiger partial charge in [-0.15, -0.1) is 0 Å². The van der Waals surface area contributed by atoms with Crippen molar-refractivity contribution in [2.24, 2.45) is 5.92 Å². The van der Waals surface area contributed by atoms with Crippen LogP contribution in [0, 0.1) is 5.92 Å². The van der Waals surface area contributed by atoms with Crippen LogP contribution in [0.2, 0.25) is 0 Å². The Labute approximate surface area is 101 Å². The van der Waals surface area contributed by atoms with Crippen LogP contribution in [0.3, 0.4) is 0 Å². The molecule has 0 radical (unpaired) electrons. The molecule has 1 aromatic heterocycles. The zero-order valence-electron chi connectivity index (χ0n) is 10.1. The number of hydrogen-bond donors (Lipinski definition) is 2. The van der Waals surface area contributed by atoms with Crippen molar-refractivity contribution in [2.75, 3.05) is 13.1 Å². The van der Waals surface area contributed by atoms with Crippen LogP contribution in [0.1, 0.15) is 31.4 Å². The Morgan fingerprint density at radius 1 is 1.76 bits per heavy atom. The summed E-state index contributed by atoms with van der Waals surface area (Å²) in [7, 11) is 0. The molecule has 2 unspecified atom stereocenters. The first-order valence-electron chi connectivity index (χ1n) is 6.13. The third-order valence-electron chi connectivity index (χ3n) is 3.26. The molecule has 94 valence electrons. The van der Waals surface area contributed by atoms with E-state index in [-0.39, 0.29) is 5.92 Å². The van der Waals surface area contributed by atoms with Gasteiger partial charge in [0.25, 0.3) is 0 Å². The van der Waals surface area contributed by atoms with Crippen LogP contribution in [0.4, 0.5) is 0 Å². The molecule has 5 heteroatoms. The van der Waals surface area contributed by atoms with Crippen LogP contribution in [0.15, 0.2) is 12.4 Å². The lowest BCUT2D eigenvalue weighted by atomic mass is 10.0. The number of piperidine rings is 1. The fourth-order valence-electron chi connectivity index (χ4n) is 2.18. The molecular weight excluding hydrogens is 218 g/mol. The Kier molecular flexibility index (Phi) is 3.78. The van der Waals surface area contributed by atoms with Gasteiger partial charge in [-0.25, -0.2) is 0 Å². The molecule has 2 N–H and O–H groups in total. The van der Waals surface area contributed by atoms with Crippen molar-refractivity contribution in [2.45, 2.75) is 32.2 Å². The molecule has 0 amide bonds. The van der Waals surface area contributed by atoms with Crippen molar-refractivity contribution in [1.29, 1.82) is 0 Å². The number of carboxylic acids is 1. The number of carbonyl (C=O) groups is 1. The number of rotatable bonds is 4. The topological polar surface area (TPSA) is 67.2 Å². The minimum absolute atomic E-state index is 0.350. The maximum absolute atomic E-state index is 10.8. The first-order valence-corrected chi connectivity index (χ1v) is 6.13. The van der Waals surface area contributed by atoms with Gasteiger partial charge >= 0.3 is 5.97 Å². The molecule has 0 aliphatic carbocycles. The van der Waals surface area contributed by atoms with Gasteiger partial charge in [-0.2, -0.15) is 5.10 Å². The van der Waals surface area contributed by atoms with Crippen LogP contribution >= 0.6 is 0 Å². The summed E-state index contributed by atoms with van der Waals surface area (Å²) in [5.41, 5.74) is 1.01. The largest absolute Gasteiger partial charge is 0.481 e. The van der Waals surface area contributed by atoms with Crippen molar-refractivity contribution in [3.05, 3.63) is 18.0 Å². The average molecular weight is 237 g/mol. The summed E-state index contributed by atoms with van der Waals surface area (Å²) in [4.78, 5) is 10.8. The van der Waals surface area contributed by atoms with E-state index in [1.54, 1.807) is 13.1 Å². The molecule has 0 spiro atoms. The summed E-state index contributed by atoms with van der Waals surface area (Å²) in [6.45, 7) is 3.76. The monoisotopic (exact) mass is 237 g/mol. The fraction of sp³-hybridized carbons (Fsp3) is 0.667. The maximum atomic E-state index is 10.8. The van der Waals surface area contributed by atoms with Crippen LogP contribution in [0.5, 0.6) is 0 Å². The lowest BCUT2D eigenvalue weighted by Gasteiger charge is -2.22. The molecule has 0 saturated carbocycles. The van der Waals surface area contributed by atoms with Crippen LogP contribution < -0.4 is 5.32 Å². The highest BCUT2D eigenvalue weighted by atomic mass is 16.4. The van der Waals surface area contributed by atoms with Crippen LogP contribution in [0.25, 0.3) is 0 Å². The molecule has 1 fully saturated rings. The molecule has 2 heterocycles. The summed E-state index contributed by atoms with van der Waals surface area (Å²) >= 11 is 0. The second-order valence-corrected chi connectivity index (χ2v) is 4.77. The van der Waals surface area contributed by atoms with Gasteiger partial charge in [-0.1, -0.05) is 6.92 Å². The Bertz CT molecular complexity index is 383. The highest BCUT2D eigenvalue weighted by molar-refractivity contribution is 5.69. The van der Waals surface area contributed by atoms with E-state index < -0.39 is 5.97 Å². The first kappa shape index (κ1) is 12.1. The number of aromatic nitrogens is 2. The molecule has 0 aromatic carbocycles. The quantitative estimate of drug-likeness (QED) is 0.822. The lowest BCUT2D eigenvalue weighted by molar-refractivity contribution is -0.141. The summed E-state index contributed by atoms with van der Waals surface area (Å²) in [6.07, 6.45) is 6.63.